The fourth-order valence-corrected chi connectivity index (χ4v) is 4.50. The summed E-state index contributed by atoms with van der Waals surface area (Å²) in [6.07, 6.45) is 3.23. The zero-order valence-corrected chi connectivity index (χ0v) is 21.6. The van der Waals surface area contributed by atoms with Gasteiger partial charge in [-0.25, -0.2) is 4.79 Å². The smallest absolute Gasteiger partial charge is 0.337 e. The van der Waals surface area contributed by atoms with Gasteiger partial charge in [0.15, 0.2) is 0 Å². The van der Waals surface area contributed by atoms with Crippen molar-refractivity contribution in [2.45, 2.75) is 65.3 Å². The summed E-state index contributed by atoms with van der Waals surface area (Å²) in [5.41, 5.74) is 0.784. The van der Waals surface area contributed by atoms with Crippen LogP contribution in [0.1, 0.15) is 69.3 Å². The number of anilines is 1. The van der Waals surface area contributed by atoms with Gasteiger partial charge in [-0.1, -0.05) is 13.8 Å². The lowest BCUT2D eigenvalue weighted by molar-refractivity contribution is -0.147. The molecule has 9 nitrogen and oxygen atoms in total. The Balaban J connectivity index is 2.52. The average molecular weight is 491 g/mol. The molecule has 2 rings (SSSR count). The van der Waals surface area contributed by atoms with Crippen LogP contribution in [0.4, 0.5) is 5.69 Å². The first kappa shape index (κ1) is 28.3. The van der Waals surface area contributed by atoms with Crippen LogP contribution < -0.4 is 4.90 Å². The Morgan fingerprint density at radius 3 is 2.11 bits per heavy atom. The van der Waals surface area contributed by atoms with Crippen LogP contribution in [0.3, 0.4) is 0 Å². The zero-order valence-electron chi connectivity index (χ0n) is 21.6. The van der Waals surface area contributed by atoms with Gasteiger partial charge in [0, 0.05) is 32.5 Å². The first-order valence-corrected chi connectivity index (χ1v) is 12.2. The van der Waals surface area contributed by atoms with Crippen molar-refractivity contribution < 1.29 is 33.4 Å². The lowest BCUT2D eigenvalue weighted by Crippen LogP contribution is -2.54. The van der Waals surface area contributed by atoms with Crippen LogP contribution in [-0.4, -0.2) is 74.2 Å². The van der Waals surface area contributed by atoms with Gasteiger partial charge < -0.3 is 19.1 Å². The highest BCUT2D eigenvalue weighted by Crippen LogP contribution is 2.38. The molecule has 1 aliphatic heterocycles. The minimum absolute atomic E-state index is 0.0999. The molecule has 0 saturated carbocycles. The molecule has 0 aliphatic carbocycles. The summed E-state index contributed by atoms with van der Waals surface area (Å²) < 4.78 is 15.6. The van der Waals surface area contributed by atoms with Crippen LogP contribution >= 0.6 is 0 Å². The number of nitrogens with zero attached hydrogens (tertiary/aromatic N) is 2. The molecule has 35 heavy (non-hydrogen) atoms. The summed E-state index contributed by atoms with van der Waals surface area (Å²) in [4.78, 5) is 52.7. The van der Waals surface area contributed by atoms with Gasteiger partial charge in [-0.15, -0.1) is 0 Å². The van der Waals surface area contributed by atoms with E-state index in [9.17, 15) is 19.2 Å². The van der Waals surface area contributed by atoms with Crippen molar-refractivity contribution in [1.29, 1.82) is 0 Å². The van der Waals surface area contributed by atoms with Gasteiger partial charge in [0.05, 0.1) is 12.7 Å². The maximum atomic E-state index is 13.2. The number of hydrogen-bond acceptors (Lipinski definition) is 8. The molecule has 0 radical (unpaired) electrons. The predicted molar refractivity (Wildman–Crippen MR) is 131 cm³/mol. The lowest BCUT2D eigenvalue weighted by Gasteiger charge is -2.38. The summed E-state index contributed by atoms with van der Waals surface area (Å²) in [7, 11) is 1.33. The Morgan fingerprint density at radius 2 is 1.60 bits per heavy atom. The first-order chi connectivity index (χ1) is 16.7. The number of esters is 3. The van der Waals surface area contributed by atoms with E-state index < -0.39 is 23.4 Å². The summed E-state index contributed by atoms with van der Waals surface area (Å²) in [6.45, 7) is 9.31. The van der Waals surface area contributed by atoms with E-state index in [4.69, 9.17) is 14.2 Å². The molecule has 194 valence electrons. The van der Waals surface area contributed by atoms with Gasteiger partial charge in [0.25, 0.3) is 0 Å². The summed E-state index contributed by atoms with van der Waals surface area (Å²) in [6, 6.07) is 5.10. The third-order valence-electron chi connectivity index (χ3n) is 6.13. The molecular formula is C26H38N2O7. The Bertz CT molecular complexity index is 891. The quantitative estimate of drug-likeness (QED) is 0.307. The third-order valence-corrected chi connectivity index (χ3v) is 6.13. The fourth-order valence-electron chi connectivity index (χ4n) is 4.50. The Morgan fingerprint density at radius 1 is 1.00 bits per heavy atom. The highest BCUT2D eigenvalue weighted by atomic mass is 16.5. The van der Waals surface area contributed by atoms with Crippen molar-refractivity contribution in [2.75, 3.05) is 44.9 Å². The van der Waals surface area contributed by atoms with E-state index in [1.165, 1.54) is 21.0 Å². The molecule has 0 atom stereocenters. The van der Waals surface area contributed by atoms with Crippen LogP contribution in [0.25, 0.3) is 0 Å². The Labute approximate surface area is 207 Å². The monoisotopic (exact) mass is 490 g/mol. The minimum Gasteiger partial charge on any atom is -0.465 e. The number of hydrogen-bond donors (Lipinski definition) is 0. The Kier molecular flexibility index (Phi) is 10.7. The van der Waals surface area contributed by atoms with E-state index in [0.717, 1.165) is 38.0 Å². The van der Waals surface area contributed by atoms with Crippen molar-refractivity contribution in [3.8, 4) is 0 Å². The number of amides is 1. The number of carbonyl (C=O) groups excluding carboxylic acids is 4. The average Bonchev–Trinajstić information content (AvgIpc) is 3.15. The third kappa shape index (κ3) is 7.52. The molecule has 1 fully saturated rings. The standard InChI is InChI=1S/C26H38N2O7/c1-6-13-27(14-7-2)15-11-21-16-22(25(32)33-5)8-9-23(21)28-24(31)10-12-26(28,17-34-19(3)29)18-35-20(4)30/h8-9,16H,6-7,10-15,17-18H2,1-5H3. The number of ether oxygens (including phenoxy) is 3. The van der Waals surface area contributed by atoms with E-state index in [1.54, 1.807) is 23.1 Å². The van der Waals surface area contributed by atoms with Gasteiger partial charge >= 0.3 is 17.9 Å². The second-order valence-corrected chi connectivity index (χ2v) is 8.94. The SMILES string of the molecule is CCCN(CCC)CCc1cc(C(=O)OC)ccc1N1C(=O)CCC1(COC(C)=O)COC(C)=O. The fraction of sp³-hybridized carbons (Fsp3) is 0.615. The van der Waals surface area contributed by atoms with Crippen molar-refractivity contribution in [3.05, 3.63) is 29.3 Å². The van der Waals surface area contributed by atoms with Gasteiger partial charge in [0.1, 0.15) is 18.8 Å². The second kappa shape index (κ2) is 13.2. The number of carbonyl (C=O) groups is 4. The van der Waals surface area contributed by atoms with Gasteiger partial charge in [-0.05, 0) is 62.5 Å². The van der Waals surface area contributed by atoms with Gasteiger partial charge in [0.2, 0.25) is 5.91 Å². The number of methoxy groups -OCH3 is 1. The molecule has 0 N–H and O–H groups in total. The maximum absolute atomic E-state index is 13.2. The van der Waals surface area contributed by atoms with Crippen LogP contribution in [0, 0.1) is 0 Å². The van der Waals surface area contributed by atoms with Crippen LogP contribution in [0.2, 0.25) is 0 Å². The first-order valence-electron chi connectivity index (χ1n) is 12.2. The molecule has 0 unspecified atom stereocenters. The highest BCUT2D eigenvalue weighted by Gasteiger charge is 2.49. The predicted octanol–water partition coefficient (Wildman–Crippen LogP) is 3.13. The van der Waals surface area contributed by atoms with Crippen LogP contribution in [0.15, 0.2) is 18.2 Å². The molecule has 1 aromatic rings. The lowest BCUT2D eigenvalue weighted by atomic mass is 9.95. The number of benzene rings is 1. The van der Waals surface area contributed by atoms with E-state index in [-0.39, 0.29) is 25.5 Å². The van der Waals surface area contributed by atoms with Gasteiger partial charge in [-0.2, -0.15) is 0 Å². The molecule has 0 bridgehead atoms. The molecule has 1 aromatic carbocycles. The Hall–Kier alpha value is -2.94. The largest absolute Gasteiger partial charge is 0.465 e. The topological polar surface area (TPSA) is 102 Å². The van der Waals surface area contributed by atoms with Crippen LogP contribution in [-0.2, 0) is 35.0 Å². The molecule has 1 amide bonds. The van der Waals surface area contributed by atoms with E-state index in [0.29, 0.717) is 24.1 Å². The summed E-state index contributed by atoms with van der Waals surface area (Å²) >= 11 is 0. The van der Waals surface area contributed by atoms with Crippen molar-refractivity contribution in [3.63, 3.8) is 0 Å². The molecule has 1 heterocycles. The maximum Gasteiger partial charge on any atom is 0.337 e. The van der Waals surface area contributed by atoms with Crippen molar-refractivity contribution in [2.24, 2.45) is 0 Å². The van der Waals surface area contributed by atoms with Gasteiger partial charge in [-0.3, -0.25) is 19.3 Å². The summed E-state index contributed by atoms with van der Waals surface area (Å²) in [5, 5.41) is 0. The van der Waals surface area contributed by atoms with E-state index in [1.807, 2.05) is 0 Å². The molecule has 0 spiro atoms. The molecule has 0 aromatic heterocycles. The number of rotatable bonds is 13. The molecular weight excluding hydrogens is 452 g/mol. The van der Waals surface area contributed by atoms with Crippen molar-refractivity contribution >= 4 is 29.5 Å². The van der Waals surface area contributed by atoms with Crippen molar-refractivity contribution in [1.82, 2.24) is 4.90 Å². The minimum atomic E-state index is -1.03. The van der Waals surface area contributed by atoms with E-state index >= 15 is 0 Å². The molecule has 1 aliphatic rings. The molecule has 9 heteroatoms. The normalized spacial score (nSPS) is 14.8. The molecule has 1 saturated heterocycles. The highest BCUT2D eigenvalue weighted by molar-refractivity contribution is 5.99. The zero-order chi connectivity index (χ0) is 26.0. The van der Waals surface area contributed by atoms with Crippen LogP contribution in [0.5, 0.6) is 0 Å². The summed E-state index contributed by atoms with van der Waals surface area (Å²) in [5.74, 6) is -1.59. The van der Waals surface area contributed by atoms with E-state index in [2.05, 4.69) is 18.7 Å². The second-order valence-electron chi connectivity index (χ2n) is 8.94.